The molecule has 0 radical (unpaired) electrons. The molecule has 2 rings (SSSR count). The largest absolute Gasteiger partial charge is 0.385 e. The van der Waals surface area contributed by atoms with E-state index in [-0.39, 0.29) is 0 Å². The van der Waals surface area contributed by atoms with Crippen LogP contribution in [-0.4, -0.2) is 26.3 Å². The molecule has 2 nitrogen and oxygen atoms in total. The lowest BCUT2D eigenvalue weighted by Crippen LogP contribution is -2.33. The second kappa shape index (κ2) is 6.02. The summed E-state index contributed by atoms with van der Waals surface area (Å²) in [6.45, 7) is 4.37. The molecule has 0 aliphatic heterocycles. The van der Waals surface area contributed by atoms with Gasteiger partial charge < -0.3 is 10.1 Å². The van der Waals surface area contributed by atoms with Crippen LogP contribution < -0.4 is 5.32 Å². The van der Waals surface area contributed by atoms with Crippen LogP contribution in [0.1, 0.15) is 45.4 Å². The highest BCUT2D eigenvalue weighted by atomic mass is 16.5. The zero-order valence-corrected chi connectivity index (χ0v) is 10.9. The van der Waals surface area contributed by atoms with E-state index in [4.69, 9.17) is 4.74 Å². The van der Waals surface area contributed by atoms with E-state index in [1.54, 1.807) is 7.11 Å². The van der Waals surface area contributed by atoms with Gasteiger partial charge in [0.05, 0.1) is 0 Å². The Morgan fingerprint density at radius 2 is 2.06 bits per heavy atom. The second-order valence-electron chi connectivity index (χ2n) is 5.53. The van der Waals surface area contributed by atoms with E-state index in [9.17, 15) is 0 Å². The predicted molar refractivity (Wildman–Crippen MR) is 67.5 cm³/mol. The second-order valence-corrected chi connectivity index (χ2v) is 5.53. The Morgan fingerprint density at radius 3 is 2.69 bits per heavy atom. The van der Waals surface area contributed by atoms with Crippen LogP contribution in [-0.2, 0) is 4.74 Å². The van der Waals surface area contributed by atoms with Crippen LogP contribution in [0.5, 0.6) is 0 Å². The van der Waals surface area contributed by atoms with E-state index in [2.05, 4.69) is 12.2 Å². The van der Waals surface area contributed by atoms with E-state index in [0.29, 0.717) is 0 Å². The molecule has 0 aromatic heterocycles. The molecule has 2 aliphatic carbocycles. The minimum atomic E-state index is 0.783. The lowest BCUT2D eigenvalue weighted by atomic mass is 10.00. The Hall–Kier alpha value is -0.0800. The zero-order valence-electron chi connectivity index (χ0n) is 10.9. The molecular weight excluding hydrogens is 198 g/mol. The maximum Gasteiger partial charge on any atom is 0.0462 e. The lowest BCUT2D eigenvalue weighted by Gasteiger charge is -2.20. The molecule has 2 saturated carbocycles. The summed E-state index contributed by atoms with van der Waals surface area (Å²) in [7, 11) is 1.81. The van der Waals surface area contributed by atoms with Gasteiger partial charge in [0.1, 0.15) is 0 Å². The van der Waals surface area contributed by atoms with Crippen LogP contribution in [0.15, 0.2) is 0 Å². The third-order valence-electron chi connectivity index (χ3n) is 4.46. The molecule has 0 aromatic rings. The van der Waals surface area contributed by atoms with Crippen LogP contribution in [0.4, 0.5) is 0 Å². The Morgan fingerprint density at radius 1 is 1.31 bits per heavy atom. The number of methoxy groups -OCH3 is 1. The lowest BCUT2D eigenvalue weighted by molar-refractivity contribution is 0.186. The molecule has 94 valence electrons. The Labute approximate surface area is 100 Å². The van der Waals surface area contributed by atoms with E-state index in [0.717, 1.165) is 30.4 Å². The van der Waals surface area contributed by atoms with Gasteiger partial charge in [-0.1, -0.05) is 13.3 Å². The molecule has 1 N–H and O–H groups in total. The van der Waals surface area contributed by atoms with E-state index >= 15 is 0 Å². The van der Waals surface area contributed by atoms with Gasteiger partial charge in [-0.3, -0.25) is 0 Å². The van der Waals surface area contributed by atoms with Crippen molar-refractivity contribution in [3.63, 3.8) is 0 Å². The third kappa shape index (κ3) is 2.78. The summed E-state index contributed by atoms with van der Waals surface area (Å²) >= 11 is 0. The van der Waals surface area contributed by atoms with Gasteiger partial charge in [-0.05, 0) is 56.4 Å². The fourth-order valence-corrected chi connectivity index (χ4v) is 3.68. The minimum Gasteiger partial charge on any atom is -0.385 e. The summed E-state index contributed by atoms with van der Waals surface area (Å²) in [6.07, 6.45) is 8.28. The van der Waals surface area contributed by atoms with Crippen LogP contribution in [0.25, 0.3) is 0 Å². The highest BCUT2D eigenvalue weighted by molar-refractivity contribution is 5.06. The average Bonchev–Trinajstić information content (AvgIpc) is 2.77. The number of nitrogens with one attached hydrogen (secondary N) is 1. The van der Waals surface area contributed by atoms with Crippen LogP contribution in [0.2, 0.25) is 0 Å². The SMILES string of the molecule is CCCNC(CCCOC)C1C2CCCC21. The normalized spacial score (nSPS) is 33.8. The van der Waals surface area contributed by atoms with Gasteiger partial charge in [-0.25, -0.2) is 0 Å². The molecule has 2 heteroatoms. The summed E-state index contributed by atoms with van der Waals surface area (Å²) in [4.78, 5) is 0. The molecule has 2 fully saturated rings. The van der Waals surface area contributed by atoms with Crippen molar-refractivity contribution in [3.8, 4) is 0 Å². The summed E-state index contributed by atoms with van der Waals surface area (Å²) in [6, 6.07) is 0.783. The molecule has 3 unspecified atom stereocenters. The number of hydrogen-bond acceptors (Lipinski definition) is 2. The molecule has 0 amide bonds. The maximum atomic E-state index is 5.16. The van der Waals surface area contributed by atoms with Crippen molar-refractivity contribution in [3.05, 3.63) is 0 Å². The van der Waals surface area contributed by atoms with Crippen LogP contribution in [0.3, 0.4) is 0 Å². The van der Waals surface area contributed by atoms with Crippen molar-refractivity contribution in [1.82, 2.24) is 5.32 Å². The van der Waals surface area contributed by atoms with Crippen LogP contribution >= 0.6 is 0 Å². The van der Waals surface area contributed by atoms with Crippen LogP contribution in [0, 0.1) is 17.8 Å². The first-order valence-corrected chi connectivity index (χ1v) is 7.10. The molecule has 0 heterocycles. The molecule has 3 atom stereocenters. The maximum absolute atomic E-state index is 5.16. The minimum absolute atomic E-state index is 0.783. The molecule has 0 bridgehead atoms. The van der Waals surface area contributed by atoms with Gasteiger partial charge in [0.2, 0.25) is 0 Å². The molecule has 0 spiro atoms. The number of ether oxygens (including phenoxy) is 1. The highest BCUT2D eigenvalue weighted by Gasteiger charge is 2.55. The van der Waals surface area contributed by atoms with Crippen molar-refractivity contribution in [2.75, 3.05) is 20.3 Å². The van der Waals surface area contributed by atoms with Crippen molar-refractivity contribution in [1.29, 1.82) is 0 Å². The summed E-state index contributed by atoms with van der Waals surface area (Å²) in [5.74, 6) is 3.17. The fraction of sp³-hybridized carbons (Fsp3) is 1.00. The van der Waals surface area contributed by atoms with Crippen molar-refractivity contribution in [2.24, 2.45) is 17.8 Å². The smallest absolute Gasteiger partial charge is 0.0462 e. The third-order valence-corrected chi connectivity index (χ3v) is 4.46. The highest BCUT2D eigenvalue weighted by Crippen LogP contribution is 2.59. The van der Waals surface area contributed by atoms with Gasteiger partial charge in [0.15, 0.2) is 0 Å². The molecule has 2 aliphatic rings. The number of rotatable bonds is 8. The zero-order chi connectivity index (χ0) is 11.4. The number of fused-ring (bicyclic) bond motifs is 1. The first-order chi connectivity index (χ1) is 7.88. The van der Waals surface area contributed by atoms with Gasteiger partial charge in [0, 0.05) is 19.8 Å². The predicted octanol–water partition coefficient (Wildman–Crippen LogP) is 2.83. The first kappa shape index (κ1) is 12.4. The molecule has 0 aromatic carbocycles. The quantitative estimate of drug-likeness (QED) is 0.641. The molecule has 0 saturated heterocycles. The topological polar surface area (TPSA) is 21.3 Å². The van der Waals surface area contributed by atoms with Gasteiger partial charge >= 0.3 is 0 Å². The Balaban J connectivity index is 1.74. The van der Waals surface area contributed by atoms with E-state index in [1.165, 1.54) is 45.1 Å². The monoisotopic (exact) mass is 225 g/mol. The summed E-state index contributed by atoms with van der Waals surface area (Å²) < 4.78 is 5.16. The van der Waals surface area contributed by atoms with Crippen molar-refractivity contribution < 1.29 is 4.74 Å². The summed E-state index contributed by atoms with van der Waals surface area (Å²) in [5.41, 5.74) is 0. The standard InChI is InChI=1S/C14H27NO/c1-3-9-15-13(8-5-10-16-2)14-11-6-4-7-12(11)14/h11-15H,3-10H2,1-2H3. The van der Waals surface area contributed by atoms with Crippen molar-refractivity contribution >= 4 is 0 Å². The Bertz CT molecular complexity index is 197. The average molecular weight is 225 g/mol. The first-order valence-electron chi connectivity index (χ1n) is 7.10. The van der Waals surface area contributed by atoms with Gasteiger partial charge in [0.25, 0.3) is 0 Å². The summed E-state index contributed by atoms with van der Waals surface area (Å²) in [5, 5.41) is 3.76. The Kier molecular flexibility index (Phi) is 4.66. The van der Waals surface area contributed by atoms with Gasteiger partial charge in [-0.15, -0.1) is 0 Å². The molecule has 16 heavy (non-hydrogen) atoms. The van der Waals surface area contributed by atoms with Crippen molar-refractivity contribution in [2.45, 2.75) is 51.5 Å². The van der Waals surface area contributed by atoms with E-state index < -0.39 is 0 Å². The van der Waals surface area contributed by atoms with E-state index in [1.807, 2.05) is 0 Å². The molecular formula is C14H27NO. The fourth-order valence-electron chi connectivity index (χ4n) is 3.68. The number of hydrogen-bond donors (Lipinski definition) is 1. The van der Waals surface area contributed by atoms with Gasteiger partial charge in [-0.2, -0.15) is 0 Å².